The van der Waals surface area contributed by atoms with Crippen LogP contribution >= 0.6 is 0 Å². The molecule has 1 aromatic heterocycles. The van der Waals surface area contributed by atoms with E-state index in [1.807, 2.05) is 0 Å². The van der Waals surface area contributed by atoms with E-state index in [1.165, 1.54) is 10.9 Å². The maximum atomic E-state index is 5.84. The van der Waals surface area contributed by atoms with Crippen LogP contribution in [0, 0.1) is 0 Å². The number of rotatable bonds is 2. The maximum absolute atomic E-state index is 5.84. The van der Waals surface area contributed by atoms with Crippen molar-refractivity contribution in [3.05, 3.63) is 36.5 Å². The first-order valence-corrected chi connectivity index (χ1v) is 6.49. The van der Waals surface area contributed by atoms with Gasteiger partial charge in [-0.1, -0.05) is 12.1 Å². The molecular formula is C16H22NO+. The first kappa shape index (κ1) is 12.9. The molecule has 2 nitrogen and oxygen atoms in total. The molecule has 0 bridgehead atoms. The highest BCUT2D eigenvalue weighted by Crippen LogP contribution is 2.20. The second-order valence-corrected chi connectivity index (χ2v) is 5.94. The Bertz CT molecular complexity index is 553. The van der Waals surface area contributed by atoms with Gasteiger partial charge in [-0.15, -0.1) is 0 Å². The minimum absolute atomic E-state index is 0.0377. The van der Waals surface area contributed by atoms with Crippen LogP contribution in [-0.4, -0.2) is 6.10 Å². The zero-order valence-electron chi connectivity index (χ0n) is 11.9. The highest BCUT2D eigenvalue weighted by Gasteiger charge is 2.25. The van der Waals surface area contributed by atoms with Gasteiger partial charge in [-0.25, -0.2) is 0 Å². The lowest BCUT2D eigenvalue weighted by Crippen LogP contribution is -2.50. The van der Waals surface area contributed by atoms with E-state index in [-0.39, 0.29) is 11.6 Å². The molecule has 2 rings (SSSR count). The maximum Gasteiger partial charge on any atom is 0.213 e. The van der Waals surface area contributed by atoms with Gasteiger partial charge < -0.3 is 4.74 Å². The number of para-hydroxylation sites is 1. The highest BCUT2D eigenvalue weighted by molar-refractivity contribution is 5.76. The van der Waals surface area contributed by atoms with Crippen molar-refractivity contribution in [2.45, 2.75) is 46.3 Å². The van der Waals surface area contributed by atoms with Crippen molar-refractivity contribution in [2.24, 2.45) is 0 Å². The molecule has 0 saturated carbocycles. The lowest BCUT2D eigenvalue weighted by atomic mass is 10.1. The minimum Gasteiger partial charge on any atom is -0.485 e. The normalized spacial score (nSPS) is 12.1. The van der Waals surface area contributed by atoms with E-state index in [2.05, 4.69) is 75.7 Å². The Morgan fingerprint density at radius 1 is 1.11 bits per heavy atom. The molecule has 0 amide bonds. The van der Waals surface area contributed by atoms with Crippen LogP contribution in [0.5, 0.6) is 5.75 Å². The Morgan fingerprint density at radius 2 is 1.78 bits per heavy atom. The molecule has 0 aliphatic heterocycles. The van der Waals surface area contributed by atoms with Crippen molar-refractivity contribution in [3.8, 4) is 5.75 Å². The van der Waals surface area contributed by atoms with Crippen LogP contribution in [0.15, 0.2) is 36.5 Å². The zero-order valence-corrected chi connectivity index (χ0v) is 11.9. The van der Waals surface area contributed by atoms with Gasteiger partial charge in [-0.05, 0) is 19.9 Å². The summed E-state index contributed by atoms with van der Waals surface area (Å²) in [4.78, 5) is 0. The third-order valence-corrected chi connectivity index (χ3v) is 2.84. The van der Waals surface area contributed by atoms with E-state index in [9.17, 15) is 0 Å². The van der Waals surface area contributed by atoms with Crippen LogP contribution in [0.4, 0.5) is 0 Å². The molecule has 18 heavy (non-hydrogen) atoms. The SMILES string of the molecule is CC(C)Oc1cc2ccccc2[n+](C(C)(C)C)c1. The fraction of sp³-hybridized carbons (Fsp3) is 0.438. The minimum atomic E-state index is 0.0377. The number of hydrogen-bond donors (Lipinski definition) is 0. The fourth-order valence-electron chi connectivity index (χ4n) is 2.11. The van der Waals surface area contributed by atoms with E-state index in [0.29, 0.717) is 0 Å². The van der Waals surface area contributed by atoms with E-state index in [0.717, 1.165) is 5.75 Å². The van der Waals surface area contributed by atoms with Gasteiger partial charge in [-0.3, -0.25) is 0 Å². The van der Waals surface area contributed by atoms with E-state index < -0.39 is 0 Å². The molecule has 2 aromatic rings. The van der Waals surface area contributed by atoms with E-state index in [4.69, 9.17) is 4.74 Å². The van der Waals surface area contributed by atoms with Crippen LogP contribution in [0.25, 0.3) is 10.9 Å². The Kier molecular flexibility index (Phi) is 3.29. The number of aromatic nitrogens is 1. The zero-order chi connectivity index (χ0) is 13.3. The number of fused-ring (bicyclic) bond motifs is 1. The van der Waals surface area contributed by atoms with Crippen molar-refractivity contribution < 1.29 is 9.30 Å². The molecule has 0 spiro atoms. The smallest absolute Gasteiger partial charge is 0.213 e. The third-order valence-electron chi connectivity index (χ3n) is 2.84. The molecule has 1 heterocycles. The van der Waals surface area contributed by atoms with Crippen molar-refractivity contribution in [1.29, 1.82) is 0 Å². The van der Waals surface area contributed by atoms with Crippen LogP contribution in [0.1, 0.15) is 34.6 Å². The summed E-state index contributed by atoms with van der Waals surface area (Å²) < 4.78 is 8.12. The van der Waals surface area contributed by atoms with Gasteiger partial charge in [0.05, 0.1) is 11.5 Å². The second kappa shape index (κ2) is 4.60. The van der Waals surface area contributed by atoms with Gasteiger partial charge in [0.2, 0.25) is 11.7 Å². The predicted octanol–water partition coefficient (Wildman–Crippen LogP) is 3.67. The molecule has 96 valence electrons. The number of benzene rings is 1. The number of nitrogens with zero attached hydrogens (tertiary/aromatic N) is 1. The van der Waals surface area contributed by atoms with Crippen molar-refractivity contribution in [1.82, 2.24) is 0 Å². The second-order valence-electron chi connectivity index (χ2n) is 5.94. The standard InChI is InChI=1S/C16H22NO/c1-12(2)18-14-10-13-8-6-7-9-15(13)17(11-14)16(3,4)5/h6-12H,1-5H3/q+1. The van der Waals surface area contributed by atoms with Gasteiger partial charge in [0.1, 0.15) is 0 Å². The molecule has 1 aromatic carbocycles. The van der Waals surface area contributed by atoms with Gasteiger partial charge in [0.25, 0.3) is 0 Å². The molecule has 0 atom stereocenters. The van der Waals surface area contributed by atoms with Crippen LogP contribution in [0.3, 0.4) is 0 Å². The Morgan fingerprint density at radius 3 is 2.39 bits per heavy atom. The van der Waals surface area contributed by atoms with Crippen LogP contribution in [-0.2, 0) is 5.54 Å². The highest BCUT2D eigenvalue weighted by atomic mass is 16.5. The van der Waals surface area contributed by atoms with Crippen molar-refractivity contribution in [2.75, 3.05) is 0 Å². The monoisotopic (exact) mass is 244 g/mol. The lowest BCUT2D eigenvalue weighted by Gasteiger charge is -2.17. The Hall–Kier alpha value is -1.57. The number of pyridine rings is 1. The largest absolute Gasteiger partial charge is 0.485 e. The first-order valence-electron chi connectivity index (χ1n) is 6.49. The fourth-order valence-corrected chi connectivity index (χ4v) is 2.11. The number of hydrogen-bond acceptors (Lipinski definition) is 1. The molecular weight excluding hydrogens is 222 g/mol. The summed E-state index contributed by atoms with van der Waals surface area (Å²) in [5, 5.41) is 1.21. The molecule has 0 fully saturated rings. The Labute approximate surface area is 109 Å². The summed E-state index contributed by atoms with van der Waals surface area (Å²) in [6, 6.07) is 10.5. The summed E-state index contributed by atoms with van der Waals surface area (Å²) in [5.74, 6) is 0.929. The van der Waals surface area contributed by atoms with Gasteiger partial charge in [0, 0.05) is 32.9 Å². The molecule has 0 radical (unpaired) electrons. The Balaban J connectivity index is 2.65. The van der Waals surface area contributed by atoms with Crippen LogP contribution < -0.4 is 9.30 Å². The quantitative estimate of drug-likeness (QED) is 0.735. The molecule has 0 N–H and O–H groups in total. The lowest BCUT2D eigenvalue weighted by molar-refractivity contribution is -0.730. The number of ether oxygens (including phenoxy) is 1. The first-order chi connectivity index (χ1) is 8.38. The van der Waals surface area contributed by atoms with Gasteiger partial charge in [-0.2, -0.15) is 4.57 Å². The van der Waals surface area contributed by atoms with E-state index in [1.54, 1.807) is 0 Å². The third kappa shape index (κ3) is 2.63. The molecule has 0 saturated heterocycles. The van der Waals surface area contributed by atoms with Gasteiger partial charge >= 0.3 is 0 Å². The molecule has 0 aliphatic carbocycles. The average Bonchev–Trinajstić information content (AvgIpc) is 2.25. The van der Waals surface area contributed by atoms with Gasteiger partial charge in [0.15, 0.2) is 11.3 Å². The summed E-state index contributed by atoms with van der Waals surface area (Å²) in [6.07, 6.45) is 2.29. The summed E-state index contributed by atoms with van der Waals surface area (Å²) in [7, 11) is 0. The summed E-state index contributed by atoms with van der Waals surface area (Å²) >= 11 is 0. The predicted molar refractivity (Wildman–Crippen MR) is 74.9 cm³/mol. The molecule has 2 heteroatoms. The summed E-state index contributed by atoms with van der Waals surface area (Å²) in [5.41, 5.74) is 1.27. The average molecular weight is 244 g/mol. The summed E-state index contributed by atoms with van der Waals surface area (Å²) in [6.45, 7) is 10.7. The van der Waals surface area contributed by atoms with Crippen LogP contribution in [0.2, 0.25) is 0 Å². The van der Waals surface area contributed by atoms with E-state index >= 15 is 0 Å². The van der Waals surface area contributed by atoms with Crippen molar-refractivity contribution in [3.63, 3.8) is 0 Å². The topological polar surface area (TPSA) is 13.1 Å². The molecule has 0 aliphatic rings. The molecule has 0 unspecified atom stereocenters. The van der Waals surface area contributed by atoms with Crippen molar-refractivity contribution >= 4 is 10.9 Å².